The lowest BCUT2D eigenvalue weighted by Gasteiger charge is -2.30. The molecule has 0 fully saturated rings. The lowest BCUT2D eigenvalue weighted by atomic mass is 9.99. The highest BCUT2D eigenvalue weighted by Gasteiger charge is 2.36. The summed E-state index contributed by atoms with van der Waals surface area (Å²) in [6.07, 6.45) is -0.718. The van der Waals surface area contributed by atoms with Gasteiger partial charge in [-0.25, -0.2) is 13.1 Å². The zero-order valence-electron chi connectivity index (χ0n) is 13.6. The minimum atomic E-state index is -3.66. The molecule has 4 rings (SSSR count). The summed E-state index contributed by atoms with van der Waals surface area (Å²) in [5.74, 6) is 1.21. The standard InChI is InChI=1S/C19H16ClNO4S/c20-13-5-3-4-12(10-13)17-9-8-14(25-17)11-16-19(22)15-6-1-2-7-18(15)26(23,24)21-16/h1-10,16,19,21-22H,11H2/t16-,19+/m1/s1. The lowest BCUT2D eigenvalue weighted by molar-refractivity contribution is 0.129. The van der Waals surface area contributed by atoms with Crippen molar-refractivity contribution >= 4 is 21.6 Å². The fourth-order valence-electron chi connectivity index (χ4n) is 3.17. The van der Waals surface area contributed by atoms with Crippen molar-refractivity contribution in [3.05, 3.63) is 77.0 Å². The summed E-state index contributed by atoms with van der Waals surface area (Å²) >= 11 is 6.00. The molecule has 0 saturated carbocycles. The van der Waals surface area contributed by atoms with Gasteiger partial charge in [0, 0.05) is 22.6 Å². The van der Waals surface area contributed by atoms with Gasteiger partial charge in [-0.05, 0) is 30.3 Å². The smallest absolute Gasteiger partial charge is 0.241 e. The average Bonchev–Trinajstić information content (AvgIpc) is 3.08. The summed E-state index contributed by atoms with van der Waals surface area (Å²) in [6.45, 7) is 0. The highest BCUT2D eigenvalue weighted by atomic mass is 35.5. The molecule has 5 nitrogen and oxygen atoms in total. The van der Waals surface area contributed by atoms with Gasteiger partial charge in [-0.3, -0.25) is 0 Å². The van der Waals surface area contributed by atoms with Gasteiger partial charge in [0.15, 0.2) is 0 Å². The maximum Gasteiger partial charge on any atom is 0.241 e. The first-order chi connectivity index (χ1) is 12.4. The first kappa shape index (κ1) is 17.3. The second-order valence-corrected chi connectivity index (χ2v) is 8.31. The predicted molar refractivity (Wildman–Crippen MR) is 98.4 cm³/mol. The summed E-state index contributed by atoms with van der Waals surface area (Å²) in [5.41, 5.74) is 1.23. The Balaban J connectivity index is 1.61. The van der Waals surface area contributed by atoms with Gasteiger partial charge in [0.05, 0.1) is 17.0 Å². The van der Waals surface area contributed by atoms with Crippen LogP contribution in [0.1, 0.15) is 17.4 Å². The van der Waals surface area contributed by atoms with Gasteiger partial charge in [0.25, 0.3) is 0 Å². The summed E-state index contributed by atoms with van der Waals surface area (Å²) in [7, 11) is -3.66. The van der Waals surface area contributed by atoms with Crippen LogP contribution in [0.25, 0.3) is 11.3 Å². The molecule has 0 radical (unpaired) electrons. The van der Waals surface area contributed by atoms with Gasteiger partial charge < -0.3 is 9.52 Å². The highest BCUT2D eigenvalue weighted by Crippen LogP contribution is 2.32. The summed E-state index contributed by atoms with van der Waals surface area (Å²) < 4.78 is 33.2. The normalized spacial score (nSPS) is 21.3. The van der Waals surface area contributed by atoms with Crippen LogP contribution in [0.15, 0.2) is 70.0 Å². The maximum atomic E-state index is 12.4. The van der Waals surface area contributed by atoms with Crippen molar-refractivity contribution < 1.29 is 17.9 Å². The summed E-state index contributed by atoms with van der Waals surface area (Å²) in [4.78, 5) is 0.114. The van der Waals surface area contributed by atoms with Crippen LogP contribution < -0.4 is 4.72 Å². The number of hydrogen-bond acceptors (Lipinski definition) is 4. The number of aliphatic hydroxyl groups is 1. The van der Waals surface area contributed by atoms with E-state index in [1.165, 1.54) is 6.07 Å². The van der Waals surface area contributed by atoms with E-state index in [1.54, 1.807) is 42.5 Å². The molecule has 2 N–H and O–H groups in total. The van der Waals surface area contributed by atoms with E-state index >= 15 is 0 Å². The van der Waals surface area contributed by atoms with Crippen molar-refractivity contribution in [3.63, 3.8) is 0 Å². The van der Waals surface area contributed by atoms with Crippen molar-refractivity contribution in [3.8, 4) is 11.3 Å². The molecule has 1 aliphatic heterocycles. The molecular formula is C19H16ClNO4S. The van der Waals surface area contributed by atoms with Crippen molar-refractivity contribution in [2.45, 2.75) is 23.5 Å². The van der Waals surface area contributed by atoms with Crippen molar-refractivity contribution in [1.29, 1.82) is 0 Å². The Morgan fingerprint density at radius 3 is 2.69 bits per heavy atom. The van der Waals surface area contributed by atoms with E-state index in [4.69, 9.17) is 16.0 Å². The second-order valence-electron chi connectivity index (χ2n) is 6.19. The molecule has 0 spiro atoms. The Hall–Kier alpha value is -2.12. The zero-order chi connectivity index (χ0) is 18.3. The molecule has 134 valence electrons. The molecule has 1 aliphatic rings. The Bertz CT molecular complexity index is 1060. The molecule has 0 bridgehead atoms. The first-order valence-corrected chi connectivity index (χ1v) is 9.94. The van der Waals surface area contributed by atoms with E-state index in [0.29, 0.717) is 22.1 Å². The molecule has 2 heterocycles. The van der Waals surface area contributed by atoms with Crippen molar-refractivity contribution in [2.75, 3.05) is 0 Å². The molecule has 1 aromatic heterocycles. The number of nitrogens with one attached hydrogen (secondary N) is 1. The largest absolute Gasteiger partial charge is 0.461 e. The Kier molecular flexibility index (Phi) is 4.36. The van der Waals surface area contributed by atoms with Crippen LogP contribution in [0.4, 0.5) is 0 Å². The van der Waals surface area contributed by atoms with E-state index in [0.717, 1.165) is 5.56 Å². The Morgan fingerprint density at radius 1 is 1.08 bits per heavy atom. The van der Waals surface area contributed by atoms with Crippen LogP contribution in [-0.4, -0.2) is 19.6 Å². The molecule has 26 heavy (non-hydrogen) atoms. The van der Waals surface area contributed by atoms with E-state index in [1.807, 2.05) is 12.1 Å². The quantitative estimate of drug-likeness (QED) is 0.718. The van der Waals surface area contributed by atoms with Crippen LogP contribution in [0.3, 0.4) is 0 Å². The number of rotatable bonds is 3. The maximum absolute atomic E-state index is 12.4. The number of sulfonamides is 1. The van der Waals surface area contributed by atoms with Gasteiger partial charge in [-0.2, -0.15) is 0 Å². The molecule has 3 aromatic rings. The lowest BCUT2D eigenvalue weighted by Crippen LogP contribution is -2.45. The summed E-state index contributed by atoms with van der Waals surface area (Å²) in [5, 5.41) is 11.2. The second kappa shape index (κ2) is 6.55. The van der Waals surface area contributed by atoms with Crippen LogP contribution in [0.2, 0.25) is 5.02 Å². The Labute approximate surface area is 156 Å². The highest BCUT2D eigenvalue weighted by molar-refractivity contribution is 7.89. The number of aliphatic hydroxyl groups excluding tert-OH is 1. The molecular weight excluding hydrogens is 374 g/mol. The van der Waals surface area contributed by atoms with E-state index < -0.39 is 22.2 Å². The third-order valence-electron chi connectivity index (χ3n) is 4.41. The fraction of sp³-hybridized carbons (Fsp3) is 0.158. The number of hydrogen-bond donors (Lipinski definition) is 2. The van der Waals surface area contributed by atoms with Crippen LogP contribution in [-0.2, 0) is 16.4 Å². The molecule has 7 heteroatoms. The molecule has 0 unspecified atom stereocenters. The van der Waals surface area contributed by atoms with Crippen LogP contribution in [0.5, 0.6) is 0 Å². The zero-order valence-corrected chi connectivity index (χ0v) is 15.2. The average molecular weight is 390 g/mol. The monoisotopic (exact) mass is 389 g/mol. The summed E-state index contributed by atoms with van der Waals surface area (Å²) in [6, 6.07) is 16.6. The number of furan rings is 1. The fourth-order valence-corrected chi connectivity index (χ4v) is 4.85. The van der Waals surface area contributed by atoms with E-state index in [9.17, 15) is 13.5 Å². The van der Waals surface area contributed by atoms with E-state index in [-0.39, 0.29) is 11.3 Å². The molecule has 2 atom stereocenters. The number of fused-ring (bicyclic) bond motifs is 1. The third kappa shape index (κ3) is 3.17. The molecule has 2 aromatic carbocycles. The van der Waals surface area contributed by atoms with Crippen molar-refractivity contribution in [2.24, 2.45) is 0 Å². The van der Waals surface area contributed by atoms with Crippen molar-refractivity contribution in [1.82, 2.24) is 4.72 Å². The van der Waals surface area contributed by atoms with Gasteiger partial charge >= 0.3 is 0 Å². The molecule has 0 saturated heterocycles. The van der Waals surface area contributed by atoms with Gasteiger partial charge in [0.2, 0.25) is 10.0 Å². The third-order valence-corrected chi connectivity index (χ3v) is 6.21. The van der Waals surface area contributed by atoms with Gasteiger partial charge in [0.1, 0.15) is 11.5 Å². The topological polar surface area (TPSA) is 79.5 Å². The van der Waals surface area contributed by atoms with Crippen LogP contribution in [0, 0.1) is 0 Å². The van der Waals surface area contributed by atoms with Gasteiger partial charge in [-0.15, -0.1) is 0 Å². The first-order valence-electron chi connectivity index (χ1n) is 8.08. The molecule has 0 aliphatic carbocycles. The SMILES string of the molecule is O=S1(=O)N[C@H](Cc2ccc(-c3cccc(Cl)c3)o2)[C@@H](O)c2ccccc21. The Morgan fingerprint density at radius 2 is 1.88 bits per heavy atom. The minimum absolute atomic E-state index is 0.114. The number of halogens is 1. The van der Waals surface area contributed by atoms with E-state index in [2.05, 4.69) is 4.72 Å². The molecule has 0 amide bonds. The van der Waals surface area contributed by atoms with Crippen LogP contribution >= 0.6 is 11.6 Å². The minimum Gasteiger partial charge on any atom is -0.461 e. The number of benzene rings is 2. The van der Waals surface area contributed by atoms with Gasteiger partial charge in [-0.1, -0.05) is 41.9 Å². The predicted octanol–water partition coefficient (Wildman–Crippen LogP) is 3.54.